The molecule has 0 aliphatic carbocycles. The predicted molar refractivity (Wildman–Crippen MR) is 74.4 cm³/mol. The molecule has 0 saturated carbocycles. The van der Waals surface area contributed by atoms with Gasteiger partial charge < -0.3 is 25.0 Å². The number of ether oxygens (including phenoxy) is 2. The van der Waals surface area contributed by atoms with E-state index in [-0.39, 0.29) is 19.6 Å². The first-order valence-electron chi connectivity index (χ1n) is 6.55. The van der Waals surface area contributed by atoms with Crippen molar-refractivity contribution in [1.82, 2.24) is 5.32 Å². The molecule has 1 aromatic carbocycles. The third-order valence-corrected chi connectivity index (χ3v) is 2.56. The standard InChI is InChI=1S/C14H19NO6/c1-2-20-10-3-5-11(6-4-10)21-9-13(17)15-12(7-8-16)14(18)19/h3-6,12,16H,2,7-9H2,1H3,(H,15,17)(H,18,19). The van der Waals surface area contributed by atoms with E-state index in [9.17, 15) is 9.59 Å². The molecule has 0 aliphatic heterocycles. The number of aliphatic carboxylic acids is 1. The average molecular weight is 297 g/mol. The molecule has 7 heteroatoms. The Morgan fingerprint density at radius 2 is 1.76 bits per heavy atom. The number of carboxylic acid groups (broad SMARTS) is 1. The topological polar surface area (TPSA) is 105 Å². The van der Waals surface area contributed by atoms with Crippen LogP contribution in [0.2, 0.25) is 0 Å². The van der Waals surface area contributed by atoms with E-state index in [2.05, 4.69) is 5.32 Å². The highest BCUT2D eigenvalue weighted by atomic mass is 16.5. The van der Waals surface area contributed by atoms with E-state index in [0.717, 1.165) is 0 Å². The van der Waals surface area contributed by atoms with E-state index in [1.54, 1.807) is 24.3 Å². The Kier molecular flexibility index (Phi) is 7.03. The normalized spacial score (nSPS) is 11.5. The maximum Gasteiger partial charge on any atom is 0.326 e. The number of benzene rings is 1. The zero-order chi connectivity index (χ0) is 15.7. The summed E-state index contributed by atoms with van der Waals surface area (Å²) in [4.78, 5) is 22.4. The number of carboxylic acids is 1. The van der Waals surface area contributed by atoms with Crippen LogP contribution in [0.25, 0.3) is 0 Å². The summed E-state index contributed by atoms with van der Waals surface area (Å²) in [5.74, 6) is -0.589. The molecule has 1 amide bonds. The molecule has 0 spiro atoms. The second-order valence-electron chi connectivity index (χ2n) is 4.16. The summed E-state index contributed by atoms with van der Waals surface area (Å²) in [6, 6.07) is 5.61. The maximum absolute atomic E-state index is 11.6. The zero-order valence-electron chi connectivity index (χ0n) is 11.7. The summed E-state index contributed by atoms with van der Waals surface area (Å²) in [7, 11) is 0. The van der Waals surface area contributed by atoms with Crippen LogP contribution in [-0.2, 0) is 9.59 Å². The van der Waals surface area contributed by atoms with Crippen LogP contribution in [0.1, 0.15) is 13.3 Å². The molecule has 7 nitrogen and oxygen atoms in total. The number of amides is 1. The molecule has 0 saturated heterocycles. The van der Waals surface area contributed by atoms with Crippen LogP contribution < -0.4 is 14.8 Å². The Labute approximate surface area is 122 Å². The van der Waals surface area contributed by atoms with Gasteiger partial charge in [-0.1, -0.05) is 0 Å². The summed E-state index contributed by atoms with van der Waals surface area (Å²) in [6.45, 7) is 1.81. The highest BCUT2D eigenvalue weighted by Crippen LogP contribution is 2.17. The minimum atomic E-state index is -1.20. The van der Waals surface area contributed by atoms with Crippen molar-refractivity contribution < 1.29 is 29.3 Å². The van der Waals surface area contributed by atoms with Crippen LogP contribution >= 0.6 is 0 Å². The van der Waals surface area contributed by atoms with Crippen LogP contribution in [0.3, 0.4) is 0 Å². The molecular weight excluding hydrogens is 278 g/mol. The molecule has 0 fully saturated rings. The van der Waals surface area contributed by atoms with Gasteiger partial charge in [-0.15, -0.1) is 0 Å². The highest BCUT2D eigenvalue weighted by molar-refractivity contribution is 5.84. The van der Waals surface area contributed by atoms with Gasteiger partial charge in [0.25, 0.3) is 5.91 Å². The van der Waals surface area contributed by atoms with Gasteiger partial charge in [0, 0.05) is 13.0 Å². The lowest BCUT2D eigenvalue weighted by atomic mass is 10.2. The molecule has 0 radical (unpaired) electrons. The van der Waals surface area contributed by atoms with Gasteiger partial charge in [-0.2, -0.15) is 0 Å². The van der Waals surface area contributed by atoms with Crippen LogP contribution in [0.15, 0.2) is 24.3 Å². The van der Waals surface area contributed by atoms with Crippen molar-refractivity contribution in [2.75, 3.05) is 19.8 Å². The average Bonchev–Trinajstić information content (AvgIpc) is 2.46. The number of hydrogen-bond acceptors (Lipinski definition) is 5. The van der Waals surface area contributed by atoms with Crippen molar-refractivity contribution in [3.8, 4) is 11.5 Å². The minimum Gasteiger partial charge on any atom is -0.494 e. The number of rotatable bonds is 9. The number of nitrogens with one attached hydrogen (secondary N) is 1. The summed E-state index contributed by atoms with van der Waals surface area (Å²) < 4.78 is 10.5. The fourth-order valence-corrected chi connectivity index (χ4v) is 1.57. The third kappa shape index (κ3) is 6.13. The van der Waals surface area contributed by atoms with Gasteiger partial charge in [0.2, 0.25) is 0 Å². The highest BCUT2D eigenvalue weighted by Gasteiger charge is 2.19. The van der Waals surface area contributed by atoms with Crippen molar-refractivity contribution in [3.63, 3.8) is 0 Å². The van der Waals surface area contributed by atoms with Crippen molar-refractivity contribution in [1.29, 1.82) is 0 Å². The maximum atomic E-state index is 11.6. The van der Waals surface area contributed by atoms with Crippen molar-refractivity contribution in [3.05, 3.63) is 24.3 Å². The molecule has 0 aromatic heterocycles. The molecule has 0 heterocycles. The van der Waals surface area contributed by atoms with E-state index in [1.807, 2.05) is 6.92 Å². The van der Waals surface area contributed by atoms with Crippen LogP contribution in [0.4, 0.5) is 0 Å². The Bertz CT molecular complexity index is 459. The van der Waals surface area contributed by atoms with Crippen LogP contribution in [0, 0.1) is 0 Å². The Hall–Kier alpha value is -2.28. The van der Waals surface area contributed by atoms with Gasteiger partial charge in [-0.05, 0) is 31.2 Å². The quantitative estimate of drug-likeness (QED) is 0.610. The monoisotopic (exact) mass is 297 g/mol. The molecule has 0 aliphatic rings. The largest absolute Gasteiger partial charge is 0.494 e. The first-order valence-corrected chi connectivity index (χ1v) is 6.55. The number of carbonyl (C=O) groups excluding carboxylic acids is 1. The molecule has 0 bridgehead atoms. The molecule has 21 heavy (non-hydrogen) atoms. The third-order valence-electron chi connectivity index (χ3n) is 2.56. The number of aliphatic hydroxyl groups is 1. The molecule has 116 valence electrons. The van der Waals surface area contributed by atoms with Crippen LogP contribution in [-0.4, -0.2) is 48.0 Å². The smallest absolute Gasteiger partial charge is 0.326 e. The predicted octanol–water partition coefficient (Wildman–Crippen LogP) is 0.416. The first-order chi connectivity index (χ1) is 10.1. The molecule has 1 unspecified atom stereocenters. The van der Waals surface area contributed by atoms with Gasteiger partial charge in [-0.25, -0.2) is 4.79 Å². The van der Waals surface area contributed by atoms with Gasteiger partial charge >= 0.3 is 5.97 Å². The molecule has 3 N–H and O–H groups in total. The first kappa shape index (κ1) is 16.8. The van der Waals surface area contributed by atoms with Gasteiger partial charge in [0.15, 0.2) is 6.61 Å². The van der Waals surface area contributed by atoms with Crippen molar-refractivity contribution in [2.24, 2.45) is 0 Å². The fourth-order valence-electron chi connectivity index (χ4n) is 1.57. The van der Waals surface area contributed by atoms with E-state index >= 15 is 0 Å². The van der Waals surface area contributed by atoms with Crippen LogP contribution in [0.5, 0.6) is 11.5 Å². The Morgan fingerprint density at radius 1 is 1.19 bits per heavy atom. The summed E-state index contributed by atoms with van der Waals surface area (Å²) >= 11 is 0. The molecular formula is C14H19NO6. The molecule has 1 atom stereocenters. The van der Waals surface area contributed by atoms with E-state index in [0.29, 0.717) is 18.1 Å². The van der Waals surface area contributed by atoms with E-state index in [1.165, 1.54) is 0 Å². The second kappa shape index (κ2) is 8.80. The lowest BCUT2D eigenvalue weighted by Gasteiger charge is -2.13. The minimum absolute atomic E-state index is 0.0515. The number of aliphatic hydroxyl groups excluding tert-OH is 1. The zero-order valence-corrected chi connectivity index (χ0v) is 11.7. The number of hydrogen-bond donors (Lipinski definition) is 3. The van der Waals surface area contributed by atoms with E-state index < -0.39 is 17.9 Å². The number of carbonyl (C=O) groups is 2. The SMILES string of the molecule is CCOc1ccc(OCC(=O)NC(CCO)C(=O)O)cc1. The van der Waals surface area contributed by atoms with E-state index in [4.69, 9.17) is 19.7 Å². The Balaban J connectivity index is 2.43. The fraction of sp³-hybridized carbons (Fsp3) is 0.429. The summed E-state index contributed by atoms with van der Waals surface area (Å²) in [5.41, 5.74) is 0. The Morgan fingerprint density at radius 3 is 2.24 bits per heavy atom. The second-order valence-corrected chi connectivity index (χ2v) is 4.16. The lowest BCUT2D eigenvalue weighted by molar-refractivity contribution is -0.142. The van der Waals surface area contributed by atoms with Crippen molar-refractivity contribution >= 4 is 11.9 Å². The molecule has 1 rings (SSSR count). The van der Waals surface area contributed by atoms with Crippen molar-refractivity contribution in [2.45, 2.75) is 19.4 Å². The lowest BCUT2D eigenvalue weighted by Crippen LogP contribution is -2.43. The molecule has 1 aromatic rings. The van der Waals surface area contributed by atoms with Gasteiger partial charge in [0.05, 0.1) is 6.61 Å². The van der Waals surface area contributed by atoms with Gasteiger partial charge in [-0.3, -0.25) is 4.79 Å². The summed E-state index contributed by atoms with van der Waals surface area (Å²) in [6.07, 6.45) is -0.0515. The van der Waals surface area contributed by atoms with Gasteiger partial charge in [0.1, 0.15) is 17.5 Å². The summed E-state index contributed by atoms with van der Waals surface area (Å²) in [5, 5.41) is 19.8.